The van der Waals surface area contributed by atoms with Crippen molar-refractivity contribution in [2.24, 2.45) is 4.99 Å². The number of nitrogens with zero attached hydrogens (tertiary/aromatic N) is 2. The number of aliphatic imine (C=N–C) groups is 1. The van der Waals surface area contributed by atoms with Crippen molar-refractivity contribution >= 4 is 41.3 Å². The largest absolute Gasteiger partial charge is 0.484 e. The number of alkyl halides is 3. The van der Waals surface area contributed by atoms with E-state index in [1.165, 1.54) is 12.1 Å². The zero-order valence-corrected chi connectivity index (χ0v) is 20.6. The van der Waals surface area contributed by atoms with Gasteiger partial charge in [-0.25, -0.2) is 4.98 Å². The number of ether oxygens (including phenoxy) is 1. The topological polar surface area (TPSA) is 58.5 Å². The van der Waals surface area contributed by atoms with Crippen LogP contribution in [0.25, 0.3) is 0 Å². The van der Waals surface area contributed by atoms with Crippen LogP contribution in [0.1, 0.15) is 37.0 Å². The van der Waals surface area contributed by atoms with Crippen LogP contribution in [0.3, 0.4) is 0 Å². The van der Waals surface area contributed by atoms with Gasteiger partial charge in [-0.3, -0.25) is 4.99 Å². The Morgan fingerprint density at radius 3 is 2.33 bits per heavy atom. The lowest BCUT2D eigenvalue weighted by molar-refractivity contribution is -0.153. The van der Waals surface area contributed by atoms with Crippen molar-refractivity contribution in [2.45, 2.75) is 45.3 Å². The third kappa shape index (κ3) is 9.50. The van der Waals surface area contributed by atoms with E-state index in [0.29, 0.717) is 19.0 Å². The van der Waals surface area contributed by atoms with Gasteiger partial charge in [-0.1, -0.05) is 32.9 Å². The summed E-state index contributed by atoms with van der Waals surface area (Å²) in [7, 11) is 1.69. The molecule has 1 heterocycles. The molecule has 1 aromatic heterocycles. The molecule has 0 saturated carbocycles. The minimum atomic E-state index is -4.34. The fraction of sp³-hybridized carbons (Fsp3) is 0.500. The molecule has 0 bridgehead atoms. The maximum absolute atomic E-state index is 12.2. The smallest absolute Gasteiger partial charge is 0.422 e. The van der Waals surface area contributed by atoms with E-state index in [1.807, 2.05) is 0 Å². The summed E-state index contributed by atoms with van der Waals surface area (Å²) in [6, 6.07) is 6.48. The van der Waals surface area contributed by atoms with Gasteiger partial charge in [0.2, 0.25) is 0 Å². The van der Waals surface area contributed by atoms with Crippen LogP contribution in [0, 0.1) is 0 Å². The normalized spacial score (nSPS) is 12.3. The van der Waals surface area contributed by atoms with Gasteiger partial charge in [-0.2, -0.15) is 13.2 Å². The van der Waals surface area contributed by atoms with Crippen molar-refractivity contribution < 1.29 is 17.9 Å². The predicted octanol–water partition coefficient (Wildman–Crippen LogP) is 4.91. The van der Waals surface area contributed by atoms with Crippen LogP contribution in [-0.2, 0) is 18.4 Å². The fourth-order valence-corrected chi connectivity index (χ4v) is 3.36. The molecule has 0 atom stereocenters. The van der Waals surface area contributed by atoms with E-state index < -0.39 is 12.8 Å². The summed E-state index contributed by atoms with van der Waals surface area (Å²) < 4.78 is 41.2. The number of halogens is 4. The number of benzene rings is 1. The molecule has 0 aliphatic heterocycles. The molecule has 0 aliphatic carbocycles. The number of hydrogen-bond donors (Lipinski definition) is 2. The van der Waals surface area contributed by atoms with Gasteiger partial charge in [-0.15, -0.1) is 35.3 Å². The highest BCUT2D eigenvalue weighted by Gasteiger charge is 2.28. The number of guanidine groups is 1. The number of nitrogens with one attached hydrogen (secondary N) is 2. The first-order chi connectivity index (χ1) is 13.6. The summed E-state index contributed by atoms with van der Waals surface area (Å²) in [5, 5.41) is 9.60. The van der Waals surface area contributed by atoms with Gasteiger partial charge in [0.1, 0.15) is 5.75 Å². The molecule has 0 fully saturated rings. The molecule has 30 heavy (non-hydrogen) atoms. The Hall–Kier alpha value is -1.56. The van der Waals surface area contributed by atoms with Gasteiger partial charge < -0.3 is 15.4 Å². The van der Waals surface area contributed by atoms with Gasteiger partial charge in [0.15, 0.2) is 12.6 Å². The molecule has 2 N–H and O–H groups in total. The second-order valence-electron chi connectivity index (χ2n) is 7.53. The maximum Gasteiger partial charge on any atom is 0.422 e. The van der Waals surface area contributed by atoms with E-state index >= 15 is 0 Å². The lowest BCUT2D eigenvalue weighted by Gasteiger charge is -2.14. The summed E-state index contributed by atoms with van der Waals surface area (Å²) in [6.07, 6.45) is -3.54. The van der Waals surface area contributed by atoms with Crippen LogP contribution in [0.15, 0.2) is 34.6 Å². The van der Waals surface area contributed by atoms with Crippen LogP contribution < -0.4 is 15.4 Å². The zero-order chi connectivity index (χ0) is 21.5. The average Bonchev–Trinajstić information content (AvgIpc) is 3.12. The lowest BCUT2D eigenvalue weighted by Crippen LogP contribution is -2.37. The summed E-state index contributed by atoms with van der Waals surface area (Å²) in [6.45, 7) is 6.32. The van der Waals surface area contributed by atoms with Crippen molar-refractivity contribution in [3.63, 3.8) is 0 Å². The highest BCUT2D eigenvalue weighted by molar-refractivity contribution is 14.0. The molecule has 0 unspecified atom stereocenters. The predicted molar refractivity (Wildman–Crippen MR) is 126 cm³/mol. The monoisotopic (exact) mass is 556 g/mol. The van der Waals surface area contributed by atoms with Crippen LogP contribution in [0.5, 0.6) is 5.75 Å². The molecule has 0 saturated heterocycles. The highest BCUT2D eigenvalue weighted by Crippen LogP contribution is 2.24. The van der Waals surface area contributed by atoms with Crippen molar-refractivity contribution in [1.29, 1.82) is 0 Å². The second-order valence-corrected chi connectivity index (χ2v) is 8.47. The standard InChI is InChI=1S/C20H27F3N4OS.HI/c1-19(2,3)16-12-29-17(27-16)9-10-25-18(24-4)26-11-14-5-7-15(8-6-14)28-13-20(21,22)23;/h5-8,12H,9-11,13H2,1-4H3,(H2,24,25,26);1H. The number of thiazole rings is 1. The third-order valence-corrected chi connectivity index (χ3v) is 4.87. The van der Waals surface area contributed by atoms with E-state index in [9.17, 15) is 13.2 Å². The van der Waals surface area contributed by atoms with E-state index in [0.717, 1.165) is 22.7 Å². The molecule has 0 spiro atoms. The van der Waals surface area contributed by atoms with E-state index in [1.54, 1.807) is 30.5 Å². The quantitative estimate of drug-likeness (QED) is 0.289. The van der Waals surface area contributed by atoms with Gasteiger partial charge in [0, 0.05) is 37.4 Å². The maximum atomic E-state index is 12.2. The molecule has 0 radical (unpaired) electrons. The summed E-state index contributed by atoms with van der Waals surface area (Å²) in [5.41, 5.74) is 2.05. The van der Waals surface area contributed by atoms with Crippen molar-refractivity contribution in [3.05, 3.63) is 45.9 Å². The second kappa shape index (κ2) is 11.7. The van der Waals surface area contributed by atoms with Gasteiger partial charge in [0.05, 0.1) is 10.7 Å². The zero-order valence-electron chi connectivity index (χ0n) is 17.5. The van der Waals surface area contributed by atoms with Crippen molar-refractivity contribution in [2.75, 3.05) is 20.2 Å². The number of aromatic nitrogens is 1. The van der Waals surface area contributed by atoms with E-state index in [4.69, 9.17) is 4.74 Å². The summed E-state index contributed by atoms with van der Waals surface area (Å²) in [5.74, 6) is 0.835. The molecule has 2 rings (SSSR count). The van der Waals surface area contributed by atoms with Gasteiger partial charge in [-0.05, 0) is 17.7 Å². The molecule has 0 amide bonds. The van der Waals surface area contributed by atoms with Crippen LogP contribution in [0.2, 0.25) is 0 Å². The van der Waals surface area contributed by atoms with Crippen LogP contribution >= 0.6 is 35.3 Å². The molecular formula is C20H28F3IN4OS. The minimum Gasteiger partial charge on any atom is -0.484 e. The Kier molecular flexibility index (Phi) is 10.4. The number of hydrogen-bond acceptors (Lipinski definition) is 4. The first-order valence-electron chi connectivity index (χ1n) is 9.25. The lowest BCUT2D eigenvalue weighted by atomic mass is 9.93. The highest BCUT2D eigenvalue weighted by atomic mass is 127. The Balaban J connectivity index is 0.00000450. The summed E-state index contributed by atoms with van der Waals surface area (Å²) in [4.78, 5) is 8.85. The van der Waals surface area contributed by atoms with E-state index in [-0.39, 0.29) is 35.1 Å². The molecule has 2 aromatic rings. The van der Waals surface area contributed by atoms with E-state index in [2.05, 4.69) is 46.8 Å². The Labute approximate surface area is 196 Å². The van der Waals surface area contributed by atoms with Crippen LogP contribution in [0.4, 0.5) is 13.2 Å². The number of rotatable bonds is 7. The molecular weight excluding hydrogens is 528 g/mol. The first kappa shape index (κ1) is 26.5. The van der Waals surface area contributed by atoms with Gasteiger partial charge >= 0.3 is 6.18 Å². The molecule has 168 valence electrons. The molecule has 5 nitrogen and oxygen atoms in total. The van der Waals surface area contributed by atoms with Crippen molar-refractivity contribution in [1.82, 2.24) is 15.6 Å². The summed E-state index contributed by atoms with van der Waals surface area (Å²) >= 11 is 1.66. The van der Waals surface area contributed by atoms with Gasteiger partial charge in [0.25, 0.3) is 0 Å². The average molecular weight is 556 g/mol. The molecule has 0 aliphatic rings. The first-order valence-corrected chi connectivity index (χ1v) is 10.1. The Morgan fingerprint density at radius 1 is 1.13 bits per heavy atom. The SMILES string of the molecule is CN=C(NCCc1nc(C(C)(C)C)cs1)NCc1ccc(OCC(F)(F)F)cc1.I. The molecule has 10 heteroatoms. The Bertz CT molecular complexity index is 802. The third-order valence-electron chi connectivity index (χ3n) is 3.96. The molecule has 1 aromatic carbocycles. The van der Waals surface area contributed by atoms with Crippen molar-refractivity contribution in [3.8, 4) is 5.75 Å². The van der Waals surface area contributed by atoms with Crippen LogP contribution in [-0.4, -0.2) is 37.3 Å². The minimum absolute atomic E-state index is 0. The fourth-order valence-electron chi connectivity index (χ4n) is 2.33. The Morgan fingerprint density at radius 2 is 1.80 bits per heavy atom.